The molecule has 0 radical (unpaired) electrons. The van der Waals surface area contributed by atoms with Gasteiger partial charge in [-0.1, -0.05) is 15.9 Å². The lowest BCUT2D eigenvalue weighted by Crippen LogP contribution is -1.96. The molecule has 0 aliphatic carbocycles. The van der Waals surface area contributed by atoms with Crippen molar-refractivity contribution in [2.75, 3.05) is 5.33 Å². The summed E-state index contributed by atoms with van der Waals surface area (Å²) in [5.74, 6) is 0.127. The second-order valence-electron chi connectivity index (χ2n) is 1.65. The maximum atomic E-state index is 11.0. The van der Waals surface area contributed by atoms with Crippen LogP contribution in [-0.4, -0.2) is 11.1 Å². The van der Waals surface area contributed by atoms with Crippen LogP contribution in [0.25, 0.3) is 0 Å². The van der Waals surface area contributed by atoms with Gasteiger partial charge in [0.25, 0.3) is 0 Å². The third kappa shape index (κ3) is 1.68. The van der Waals surface area contributed by atoms with Crippen molar-refractivity contribution in [3.05, 3.63) is 20.8 Å². The molecule has 0 saturated heterocycles. The standard InChI is InChI=1S/C6H4Br2OS/c7-3-5(9)6-4(8)1-2-10-6/h1-2H,3H2. The Labute approximate surface area is 79.7 Å². The Morgan fingerprint density at radius 3 is 2.80 bits per heavy atom. The summed E-state index contributed by atoms with van der Waals surface area (Å²) in [6.45, 7) is 0. The highest BCUT2D eigenvalue weighted by molar-refractivity contribution is 9.10. The highest BCUT2D eigenvalue weighted by atomic mass is 79.9. The van der Waals surface area contributed by atoms with Crippen LogP contribution in [-0.2, 0) is 0 Å². The zero-order valence-corrected chi connectivity index (χ0v) is 8.92. The number of Topliss-reactive ketones (excluding diaryl/α,β-unsaturated/α-hetero) is 1. The van der Waals surface area contributed by atoms with Gasteiger partial charge in [0, 0.05) is 4.47 Å². The normalized spacial score (nSPS) is 9.80. The quantitative estimate of drug-likeness (QED) is 0.602. The Kier molecular flexibility index (Phi) is 3.07. The molecule has 4 heteroatoms. The lowest BCUT2D eigenvalue weighted by Gasteiger charge is -1.89. The van der Waals surface area contributed by atoms with Crippen molar-refractivity contribution in [2.45, 2.75) is 0 Å². The molecule has 0 amide bonds. The molecule has 0 bridgehead atoms. The van der Waals surface area contributed by atoms with Crippen LogP contribution in [0.2, 0.25) is 0 Å². The van der Waals surface area contributed by atoms with Crippen molar-refractivity contribution >= 4 is 49.0 Å². The predicted octanol–water partition coefficient (Wildman–Crippen LogP) is 3.09. The molecule has 0 atom stereocenters. The van der Waals surface area contributed by atoms with Crippen molar-refractivity contribution in [1.82, 2.24) is 0 Å². The summed E-state index contributed by atoms with van der Waals surface area (Å²) in [6.07, 6.45) is 0. The van der Waals surface area contributed by atoms with E-state index in [1.165, 1.54) is 11.3 Å². The smallest absolute Gasteiger partial charge is 0.184 e. The molecule has 0 unspecified atom stereocenters. The number of carbonyl (C=O) groups excluding carboxylic acids is 1. The first-order chi connectivity index (χ1) is 4.75. The number of halogens is 2. The zero-order chi connectivity index (χ0) is 7.56. The number of ketones is 1. The van der Waals surface area contributed by atoms with Gasteiger partial charge in [-0.2, -0.15) is 0 Å². The van der Waals surface area contributed by atoms with Crippen molar-refractivity contribution in [3.8, 4) is 0 Å². The minimum absolute atomic E-state index is 0.127. The van der Waals surface area contributed by atoms with E-state index in [-0.39, 0.29) is 5.78 Å². The molecular weight excluding hydrogens is 280 g/mol. The van der Waals surface area contributed by atoms with E-state index in [0.29, 0.717) is 5.33 Å². The van der Waals surface area contributed by atoms with Gasteiger partial charge in [-0.3, -0.25) is 4.79 Å². The molecule has 0 N–H and O–H groups in total. The fourth-order valence-electron chi connectivity index (χ4n) is 0.553. The summed E-state index contributed by atoms with van der Waals surface area (Å²) in [5, 5.41) is 2.28. The average Bonchev–Trinajstić information content (AvgIpc) is 2.34. The van der Waals surface area contributed by atoms with Crippen LogP contribution in [0.15, 0.2) is 15.9 Å². The molecule has 0 aliphatic rings. The molecule has 54 valence electrons. The minimum Gasteiger partial charge on any atom is -0.292 e. The second-order valence-corrected chi connectivity index (χ2v) is 3.99. The summed E-state index contributed by atoms with van der Waals surface area (Å²) in [7, 11) is 0. The first kappa shape index (κ1) is 8.43. The number of hydrogen-bond acceptors (Lipinski definition) is 2. The first-order valence-corrected chi connectivity index (χ1v) is 5.37. The van der Waals surface area contributed by atoms with Gasteiger partial charge in [0.15, 0.2) is 5.78 Å². The molecule has 1 heterocycles. The van der Waals surface area contributed by atoms with Crippen LogP contribution in [0.3, 0.4) is 0 Å². The van der Waals surface area contributed by atoms with Crippen LogP contribution in [0.5, 0.6) is 0 Å². The van der Waals surface area contributed by atoms with Crippen molar-refractivity contribution < 1.29 is 4.79 Å². The van der Waals surface area contributed by atoms with E-state index >= 15 is 0 Å². The van der Waals surface area contributed by atoms with E-state index in [9.17, 15) is 4.79 Å². The van der Waals surface area contributed by atoms with Gasteiger partial charge in [-0.25, -0.2) is 0 Å². The third-order valence-electron chi connectivity index (χ3n) is 0.992. The molecule has 0 saturated carbocycles. The number of hydrogen-bond donors (Lipinski definition) is 0. The fourth-order valence-corrected chi connectivity index (χ4v) is 2.55. The minimum atomic E-state index is 0.127. The Hall–Kier alpha value is 0.330. The maximum absolute atomic E-state index is 11.0. The van der Waals surface area contributed by atoms with Crippen molar-refractivity contribution in [3.63, 3.8) is 0 Å². The zero-order valence-electron chi connectivity index (χ0n) is 4.93. The van der Waals surface area contributed by atoms with Gasteiger partial charge in [-0.15, -0.1) is 11.3 Å². The first-order valence-electron chi connectivity index (χ1n) is 2.58. The Morgan fingerprint density at radius 2 is 2.40 bits per heavy atom. The number of alkyl halides is 1. The highest BCUT2D eigenvalue weighted by Crippen LogP contribution is 2.23. The summed E-state index contributed by atoms with van der Waals surface area (Å²) in [4.78, 5) is 11.8. The predicted molar refractivity (Wildman–Crippen MR) is 50.1 cm³/mol. The Balaban J connectivity index is 2.93. The number of carbonyl (C=O) groups is 1. The van der Waals surface area contributed by atoms with Crippen molar-refractivity contribution in [1.29, 1.82) is 0 Å². The van der Waals surface area contributed by atoms with E-state index in [0.717, 1.165) is 9.35 Å². The molecule has 1 aromatic rings. The molecule has 0 fully saturated rings. The van der Waals surface area contributed by atoms with Crippen LogP contribution in [0.4, 0.5) is 0 Å². The third-order valence-corrected chi connectivity index (χ3v) is 3.38. The second kappa shape index (κ2) is 3.64. The van der Waals surface area contributed by atoms with Crippen LogP contribution >= 0.6 is 43.2 Å². The van der Waals surface area contributed by atoms with Gasteiger partial charge in [0.2, 0.25) is 0 Å². The molecule has 10 heavy (non-hydrogen) atoms. The lowest BCUT2D eigenvalue weighted by atomic mass is 10.4. The van der Waals surface area contributed by atoms with E-state index in [1.54, 1.807) is 0 Å². The molecular formula is C6H4Br2OS. The van der Waals surface area contributed by atoms with E-state index in [1.807, 2.05) is 11.4 Å². The average molecular weight is 284 g/mol. The van der Waals surface area contributed by atoms with Gasteiger partial charge in [0.1, 0.15) is 0 Å². The largest absolute Gasteiger partial charge is 0.292 e. The van der Waals surface area contributed by atoms with E-state index in [4.69, 9.17) is 0 Å². The van der Waals surface area contributed by atoms with Gasteiger partial charge in [-0.05, 0) is 27.4 Å². The topological polar surface area (TPSA) is 17.1 Å². The van der Waals surface area contributed by atoms with Gasteiger partial charge in [0.05, 0.1) is 10.2 Å². The number of thiophene rings is 1. The van der Waals surface area contributed by atoms with Crippen LogP contribution < -0.4 is 0 Å². The lowest BCUT2D eigenvalue weighted by molar-refractivity contribution is 0.102. The summed E-state index contributed by atoms with van der Waals surface area (Å²) in [6, 6.07) is 1.88. The monoisotopic (exact) mass is 282 g/mol. The van der Waals surface area contributed by atoms with Crippen LogP contribution in [0, 0.1) is 0 Å². The van der Waals surface area contributed by atoms with E-state index < -0.39 is 0 Å². The fraction of sp³-hybridized carbons (Fsp3) is 0.167. The summed E-state index contributed by atoms with van der Waals surface area (Å²) >= 11 is 7.84. The van der Waals surface area contributed by atoms with E-state index in [2.05, 4.69) is 31.9 Å². The van der Waals surface area contributed by atoms with Crippen molar-refractivity contribution in [2.24, 2.45) is 0 Å². The summed E-state index contributed by atoms with van der Waals surface area (Å²) < 4.78 is 0.891. The Bertz CT molecular complexity index is 244. The summed E-state index contributed by atoms with van der Waals surface area (Å²) in [5.41, 5.74) is 0. The molecule has 0 aromatic carbocycles. The SMILES string of the molecule is O=C(CBr)c1sccc1Br. The molecule has 1 nitrogen and oxygen atoms in total. The highest BCUT2D eigenvalue weighted by Gasteiger charge is 2.08. The van der Waals surface area contributed by atoms with Gasteiger partial charge >= 0.3 is 0 Å². The Morgan fingerprint density at radius 1 is 1.70 bits per heavy atom. The molecule has 0 aliphatic heterocycles. The van der Waals surface area contributed by atoms with Crippen LogP contribution in [0.1, 0.15) is 9.67 Å². The molecule has 1 rings (SSSR count). The molecule has 0 spiro atoms. The number of rotatable bonds is 2. The molecule has 1 aromatic heterocycles. The van der Waals surface area contributed by atoms with Gasteiger partial charge < -0.3 is 0 Å². The maximum Gasteiger partial charge on any atom is 0.184 e.